The van der Waals surface area contributed by atoms with E-state index in [-0.39, 0.29) is 11.8 Å². The molecule has 3 nitrogen and oxygen atoms in total. The quantitative estimate of drug-likeness (QED) is 0.621. The van der Waals surface area contributed by atoms with Crippen molar-refractivity contribution in [3.8, 4) is 0 Å². The van der Waals surface area contributed by atoms with Crippen LogP contribution >= 0.6 is 0 Å². The summed E-state index contributed by atoms with van der Waals surface area (Å²) in [6.45, 7) is 3.08. The van der Waals surface area contributed by atoms with Crippen LogP contribution in [0.2, 0.25) is 0 Å². The highest BCUT2D eigenvalue weighted by atomic mass is 16.5. The SMILES string of the molecule is C[C@H](C(=O)O)C1CCOC1. The Bertz CT molecular complexity index is 127. The lowest BCUT2D eigenvalue weighted by atomic mass is 9.94. The van der Waals surface area contributed by atoms with Crippen LogP contribution in [0.25, 0.3) is 0 Å². The molecule has 0 spiro atoms. The summed E-state index contributed by atoms with van der Waals surface area (Å²) in [6, 6.07) is 0. The summed E-state index contributed by atoms with van der Waals surface area (Å²) in [5.74, 6) is -0.726. The van der Waals surface area contributed by atoms with Gasteiger partial charge in [-0.05, 0) is 12.3 Å². The molecule has 1 aliphatic heterocycles. The van der Waals surface area contributed by atoms with E-state index in [0.29, 0.717) is 6.61 Å². The van der Waals surface area contributed by atoms with Gasteiger partial charge in [-0.3, -0.25) is 4.79 Å². The summed E-state index contributed by atoms with van der Waals surface area (Å²) in [7, 11) is 0. The minimum atomic E-state index is -0.712. The Hall–Kier alpha value is -0.570. The molecule has 1 saturated heterocycles. The summed E-state index contributed by atoms with van der Waals surface area (Å²) in [4.78, 5) is 10.4. The monoisotopic (exact) mass is 144 g/mol. The molecule has 1 rings (SSSR count). The second-order valence-corrected chi connectivity index (χ2v) is 2.75. The van der Waals surface area contributed by atoms with Gasteiger partial charge in [-0.15, -0.1) is 0 Å². The zero-order valence-corrected chi connectivity index (χ0v) is 6.04. The van der Waals surface area contributed by atoms with Crippen LogP contribution in [-0.4, -0.2) is 24.3 Å². The first-order chi connectivity index (χ1) is 4.72. The van der Waals surface area contributed by atoms with Crippen LogP contribution in [0.1, 0.15) is 13.3 Å². The number of ether oxygens (including phenoxy) is 1. The topological polar surface area (TPSA) is 46.5 Å². The first-order valence-corrected chi connectivity index (χ1v) is 3.52. The molecule has 2 atom stereocenters. The molecular weight excluding hydrogens is 132 g/mol. The minimum Gasteiger partial charge on any atom is -0.481 e. The van der Waals surface area contributed by atoms with Gasteiger partial charge in [0.05, 0.1) is 12.5 Å². The maximum atomic E-state index is 10.4. The third kappa shape index (κ3) is 1.48. The van der Waals surface area contributed by atoms with E-state index < -0.39 is 5.97 Å². The fourth-order valence-corrected chi connectivity index (χ4v) is 1.15. The zero-order chi connectivity index (χ0) is 7.56. The third-order valence-corrected chi connectivity index (χ3v) is 2.06. The molecular formula is C7H12O3. The van der Waals surface area contributed by atoms with Crippen molar-refractivity contribution in [3.63, 3.8) is 0 Å². The van der Waals surface area contributed by atoms with E-state index in [9.17, 15) is 4.79 Å². The Morgan fingerprint density at radius 2 is 2.50 bits per heavy atom. The van der Waals surface area contributed by atoms with Crippen LogP contribution in [0.15, 0.2) is 0 Å². The largest absolute Gasteiger partial charge is 0.481 e. The van der Waals surface area contributed by atoms with Crippen LogP contribution in [0.3, 0.4) is 0 Å². The van der Waals surface area contributed by atoms with E-state index in [2.05, 4.69) is 0 Å². The minimum absolute atomic E-state index is 0.234. The molecule has 0 amide bonds. The summed E-state index contributed by atoms with van der Waals surface area (Å²) < 4.78 is 5.07. The van der Waals surface area contributed by atoms with E-state index >= 15 is 0 Å². The first kappa shape index (κ1) is 7.54. The number of aliphatic carboxylic acids is 1. The van der Waals surface area contributed by atoms with Gasteiger partial charge in [-0.25, -0.2) is 0 Å². The van der Waals surface area contributed by atoms with E-state index in [1.165, 1.54) is 0 Å². The Morgan fingerprint density at radius 3 is 2.90 bits per heavy atom. The zero-order valence-electron chi connectivity index (χ0n) is 6.04. The summed E-state index contributed by atoms with van der Waals surface area (Å²) in [5, 5.41) is 8.59. The molecule has 0 saturated carbocycles. The van der Waals surface area contributed by atoms with Crippen LogP contribution in [0.5, 0.6) is 0 Å². The normalized spacial score (nSPS) is 28.3. The first-order valence-electron chi connectivity index (χ1n) is 3.52. The van der Waals surface area contributed by atoms with Gasteiger partial charge < -0.3 is 9.84 Å². The number of hydrogen-bond donors (Lipinski definition) is 1. The highest BCUT2D eigenvalue weighted by Gasteiger charge is 2.26. The van der Waals surface area contributed by atoms with Gasteiger partial charge in [0.25, 0.3) is 0 Å². The molecule has 1 unspecified atom stereocenters. The average molecular weight is 144 g/mol. The second kappa shape index (κ2) is 3.01. The number of carboxylic acids is 1. The van der Waals surface area contributed by atoms with Crippen molar-refractivity contribution in [1.82, 2.24) is 0 Å². The van der Waals surface area contributed by atoms with Crippen LogP contribution in [0.4, 0.5) is 0 Å². The predicted octanol–water partition coefficient (Wildman–Crippen LogP) is 0.744. The van der Waals surface area contributed by atoms with Crippen molar-refractivity contribution in [2.45, 2.75) is 13.3 Å². The van der Waals surface area contributed by atoms with Crippen molar-refractivity contribution in [1.29, 1.82) is 0 Å². The lowest BCUT2D eigenvalue weighted by Crippen LogP contribution is -2.20. The van der Waals surface area contributed by atoms with Crippen LogP contribution < -0.4 is 0 Å². The molecule has 0 radical (unpaired) electrons. The number of rotatable bonds is 2. The van der Waals surface area contributed by atoms with Crippen molar-refractivity contribution in [2.24, 2.45) is 11.8 Å². The van der Waals surface area contributed by atoms with Gasteiger partial charge in [-0.1, -0.05) is 6.92 Å². The third-order valence-electron chi connectivity index (χ3n) is 2.06. The van der Waals surface area contributed by atoms with E-state index in [0.717, 1.165) is 13.0 Å². The summed E-state index contributed by atoms with van der Waals surface area (Å²) in [5.41, 5.74) is 0. The average Bonchev–Trinajstić information content (AvgIpc) is 2.36. The van der Waals surface area contributed by atoms with Crippen molar-refractivity contribution >= 4 is 5.97 Å². The smallest absolute Gasteiger partial charge is 0.306 e. The number of carboxylic acid groups (broad SMARTS) is 1. The molecule has 1 N–H and O–H groups in total. The van der Waals surface area contributed by atoms with Gasteiger partial charge in [0, 0.05) is 6.61 Å². The molecule has 1 aliphatic rings. The Labute approximate surface area is 60.0 Å². The molecule has 0 aromatic rings. The maximum absolute atomic E-state index is 10.4. The van der Waals surface area contributed by atoms with E-state index in [1.807, 2.05) is 0 Å². The molecule has 0 aromatic heterocycles. The molecule has 1 fully saturated rings. The fourth-order valence-electron chi connectivity index (χ4n) is 1.15. The number of carbonyl (C=O) groups is 1. The van der Waals surface area contributed by atoms with Crippen LogP contribution in [0, 0.1) is 11.8 Å². The second-order valence-electron chi connectivity index (χ2n) is 2.75. The van der Waals surface area contributed by atoms with Crippen molar-refractivity contribution in [2.75, 3.05) is 13.2 Å². The predicted molar refractivity (Wildman–Crippen MR) is 35.7 cm³/mol. The summed E-state index contributed by atoms with van der Waals surface area (Å²) in [6.07, 6.45) is 0.896. The fraction of sp³-hybridized carbons (Fsp3) is 0.857. The molecule has 58 valence electrons. The Balaban J connectivity index is 2.39. The van der Waals surface area contributed by atoms with Crippen LogP contribution in [-0.2, 0) is 9.53 Å². The Kier molecular flexibility index (Phi) is 2.27. The molecule has 3 heteroatoms. The molecule has 1 heterocycles. The molecule has 0 aliphatic carbocycles. The summed E-state index contributed by atoms with van der Waals surface area (Å²) >= 11 is 0. The van der Waals surface area contributed by atoms with Gasteiger partial charge in [-0.2, -0.15) is 0 Å². The van der Waals surface area contributed by atoms with Gasteiger partial charge in [0.1, 0.15) is 0 Å². The number of hydrogen-bond acceptors (Lipinski definition) is 2. The van der Waals surface area contributed by atoms with Gasteiger partial charge in [0.2, 0.25) is 0 Å². The van der Waals surface area contributed by atoms with Gasteiger partial charge in [0.15, 0.2) is 0 Å². The lowest BCUT2D eigenvalue weighted by molar-refractivity contribution is -0.142. The van der Waals surface area contributed by atoms with Gasteiger partial charge >= 0.3 is 5.97 Å². The molecule has 0 bridgehead atoms. The highest BCUT2D eigenvalue weighted by molar-refractivity contribution is 5.69. The maximum Gasteiger partial charge on any atom is 0.306 e. The molecule has 0 aromatic carbocycles. The highest BCUT2D eigenvalue weighted by Crippen LogP contribution is 2.21. The molecule has 10 heavy (non-hydrogen) atoms. The van der Waals surface area contributed by atoms with E-state index in [4.69, 9.17) is 9.84 Å². The standard InChI is InChI=1S/C7H12O3/c1-5(7(8)9)6-2-3-10-4-6/h5-6H,2-4H2,1H3,(H,8,9)/t5-,6?/m0/s1. The van der Waals surface area contributed by atoms with Crippen molar-refractivity contribution < 1.29 is 14.6 Å². The lowest BCUT2D eigenvalue weighted by Gasteiger charge is -2.11. The van der Waals surface area contributed by atoms with Crippen molar-refractivity contribution in [3.05, 3.63) is 0 Å². The van der Waals surface area contributed by atoms with E-state index in [1.54, 1.807) is 6.92 Å². The Morgan fingerprint density at radius 1 is 1.80 bits per heavy atom.